The van der Waals surface area contributed by atoms with Crippen LogP contribution in [0.3, 0.4) is 0 Å². The molecule has 0 bridgehead atoms. The number of hydrogen-bond donors (Lipinski definition) is 2. The van der Waals surface area contributed by atoms with Crippen molar-refractivity contribution in [3.63, 3.8) is 0 Å². The summed E-state index contributed by atoms with van der Waals surface area (Å²) < 4.78 is 0. The molecule has 1 aliphatic rings. The van der Waals surface area contributed by atoms with E-state index in [1.165, 1.54) is 29.4 Å². The third-order valence-electron chi connectivity index (χ3n) is 3.15. The predicted octanol–water partition coefficient (Wildman–Crippen LogP) is 2.66. The molecule has 1 fully saturated rings. The summed E-state index contributed by atoms with van der Waals surface area (Å²) in [5.74, 6) is 3.40. The van der Waals surface area contributed by atoms with Gasteiger partial charge in [-0.15, -0.1) is 11.3 Å². The molecule has 0 spiro atoms. The molecule has 0 saturated carbocycles. The Hall–Kier alpha value is -0.750. The van der Waals surface area contributed by atoms with Gasteiger partial charge in [-0.1, -0.05) is 6.92 Å². The van der Waals surface area contributed by atoms with E-state index in [1.54, 1.807) is 11.3 Å². The van der Waals surface area contributed by atoms with Gasteiger partial charge >= 0.3 is 0 Å². The average Bonchev–Trinajstić information content (AvgIpc) is 2.94. The zero-order valence-corrected chi connectivity index (χ0v) is 13.9. The molecular formula is C14H24N4S2. The molecule has 1 saturated heterocycles. The van der Waals surface area contributed by atoms with Gasteiger partial charge in [0.2, 0.25) is 0 Å². The van der Waals surface area contributed by atoms with Crippen molar-refractivity contribution in [3.8, 4) is 0 Å². The molecular weight excluding hydrogens is 288 g/mol. The molecule has 2 N–H and O–H groups in total. The van der Waals surface area contributed by atoms with E-state index in [9.17, 15) is 0 Å². The van der Waals surface area contributed by atoms with E-state index in [0.717, 1.165) is 24.6 Å². The van der Waals surface area contributed by atoms with Crippen LogP contribution in [0.5, 0.6) is 0 Å². The fourth-order valence-electron chi connectivity index (χ4n) is 2.11. The topological polar surface area (TPSA) is 49.3 Å². The van der Waals surface area contributed by atoms with Crippen LogP contribution in [0.25, 0.3) is 0 Å². The zero-order valence-electron chi connectivity index (χ0n) is 12.3. The van der Waals surface area contributed by atoms with Gasteiger partial charge in [0.1, 0.15) is 0 Å². The molecule has 0 amide bonds. The van der Waals surface area contributed by atoms with Gasteiger partial charge < -0.3 is 10.6 Å². The molecule has 2 heterocycles. The summed E-state index contributed by atoms with van der Waals surface area (Å²) in [4.78, 5) is 9.21. The highest BCUT2D eigenvalue weighted by Crippen LogP contribution is 2.16. The number of nitrogens with one attached hydrogen (secondary N) is 2. The lowest BCUT2D eigenvalue weighted by atomic mass is 10.2. The Bertz CT molecular complexity index is 425. The maximum Gasteiger partial charge on any atom is 0.191 e. The van der Waals surface area contributed by atoms with Crippen LogP contribution in [-0.4, -0.2) is 35.0 Å². The molecule has 0 aliphatic carbocycles. The van der Waals surface area contributed by atoms with Crippen molar-refractivity contribution in [2.45, 2.75) is 45.7 Å². The van der Waals surface area contributed by atoms with Crippen LogP contribution in [0.4, 0.5) is 0 Å². The number of nitrogens with zero attached hydrogens (tertiary/aromatic N) is 2. The van der Waals surface area contributed by atoms with Crippen molar-refractivity contribution in [1.29, 1.82) is 0 Å². The van der Waals surface area contributed by atoms with E-state index < -0.39 is 0 Å². The van der Waals surface area contributed by atoms with Crippen LogP contribution in [0.1, 0.15) is 37.4 Å². The molecule has 1 unspecified atom stereocenters. The van der Waals surface area contributed by atoms with Crippen LogP contribution in [0.15, 0.2) is 10.4 Å². The molecule has 0 radical (unpaired) electrons. The molecule has 112 valence electrons. The summed E-state index contributed by atoms with van der Waals surface area (Å²) in [7, 11) is 0. The van der Waals surface area contributed by atoms with Crippen LogP contribution in [-0.2, 0) is 13.0 Å². The SMILES string of the molecule is CCNC(=NCc1csc(CC)n1)NC1CCCSC1. The first-order chi connectivity index (χ1) is 9.81. The average molecular weight is 313 g/mol. The van der Waals surface area contributed by atoms with Crippen LogP contribution in [0.2, 0.25) is 0 Å². The van der Waals surface area contributed by atoms with Crippen molar-refractivity contribution >= 4 is 29.1 Å². The van der Waals surface area contributed by atoms with Crippen LogP contribution < -0.4 is 10.6 Å². The summed E-state index contributed by atoms with van der Waals surface area (Å²) in [5.41, 5.74) is 1.07. The number of thioether (sulfide) groups is 1. The molecule has 1 aromatic heterocycles. The number of aryl methyl sites for hydroxylation is 1. The van der Waals surface area contributed by atoms with Gasteiger partial charge in [-0.05, 0) is 31.9 Å². The van der Waals surface area contributed by atoms with Crippen molar-refractivity contribution in [2.24, 2.45) is 4.99 Å². The van der Waals surface area contributed by atoms with Gasteiger partial charge in [0, 0.05) is 23.7 Å². The fraction of sp³-hybridized carbons (Fsp3) is 0.714. The Morgan fingerprint density at radius 2 is 2.40 bits per heavy atom. The second-order valence-corrected chi connectivity index (χ2v) is 6.93. The van der Waals surface area contributed by atoms with Gasteiger partial charge in [0.15, 0.2) is 5.96 Å². The number of aromatic nitrogens is 1. The summed E-state index contributed by atoms with van der Waals surface area (Å²) in [6, 6.07) is 0.549. The van der Waals surface area contributed by atoms with Gasteiger partial charge in [-0.3, -0.25) is 0 Å². The molecule has 1 aliphatic heterocycles. The van der Waals surface area contributed by atoms with Crippen molar-refractivity contribution in [3.05, 3.63) is 16.1 Å². The maximum atomic E-state index is 4.65. The molecule has 1 aromatic rings. The Kier molecular flexibility index (Phi) is 6.66. The third kappa shape index (κ3) is 4.98. The molecule has 4 nitrogen and oxygen atoms in total. The third-order valence-corrected chi connectivity index (χ3v) is 5.40. The lowest BCUT2D eigenvalue weighted by Crippen LogP contribution is -2.45. The smallest absolute Gasteiger partial charge is 0.191 e. The van der Waals surface area contributed by atoms with E-state index in [0.29, 0.717) is 12.6 Å². The highest BCUT2D eigenvalue weighted by molar-refractivity contribution is 7.99. The normalized spacial score (nSPS) is 19.9. The first-order valence-electron chi connectivity index (χ1n) is 7.37. The molecule has 0 aromatic carbocycles. The van der Waals surface area contributed by atoms with E-state index in [1.807, 2.05) is 11.8 Å². The minimum absolute atomic E-state index is 0.549. The van der Waals surface area contributed by atoms with Crippen molar-refractivity contribution in [2.75, 3.05) is 18.1 Å². The van der Waals surface area contributed by atoms with E-state index >= 15 is 0 Å². The van der Waals surface area contributed by atoms with Gasteiger partial charge in [0.25, 0.3) is 0 Å². The molecule has 20 heavy (non-hydrogen) atoms. The second-order valence-electron chi connectivity index (χ2n) is 4.84. The fourth-order valence-corrected chi connectivity index (χ4v) is 3.92. The number of rotatable bonds is 5. The number of thiazole rings is 1. The quantitative estimate of drug-likeness (QED) is 0.648. The van der Waals surface area contributed by atoms with Crippen LogP contribution >= 0.6 is 23.1 Å². The van der Waals surface area contributed by atoms with Gasteiger partial charge in [0.05, 0.1) is 17.2 Å². The van der Waals surface area contributed by atoms with Crippen LogP contribution in [0, 0.1) is 0 Å². The van der Waals surface area contributed by atoms with Crippen molar-refractivity contribution in [1.82, 2.24) is 15.6 Å². The largest absolute Gasteiger partial charge is 0.357 e. The summed E-state index contributed by atoms with van der Waals surface area (Å²) in [5, 5.41) is 10.2. The number of aliphatic imine (C=N–C) groups is 1. The molecule has 1 atom stereocenters. The maximum absolute atomic E-state index is 4.65. The zero-order chi connectivity index (χ0) is 14.2. The number of hydrogen-bond acceptors (Lipinski definition) is 4. The number of guanidine groups is 1. The van der Waals surface area contributed by atoms with Gasteiger partial charge in [-0.2, -0.15) is 11.8 Å². The summed E-state index contributed by atoms with van der Waals surface area (Å²) in [6.07, 6.45) is 3.55. The summed E-state index contributed by atoms with van der Waals surface area (Å²) in [6.45, 7) is 5.79. The van der Waals surface area contributed by atoms with Crippen molar-refractivity contribution < 1.29 is 0 Å². The Balaban J connectivity index is 1.90. The molecule has 2 rings (SSSR count). The van der Waals surface area contributed by atoms with E-state index in [-0.39, 0.29) is 0 Å². The first-order valence-corrected chi connectivity index (χ1v) is 9.41. The Labute approximate surface area is 129 Å². The highest BCUT2D eigenvalue weighted by atomic mass is 32.2. The standard InChI is InChI=1S/C14H24N4S2/c1-3-13-17-12(10-20-13)8-16-14(15-4-2)18-11-6-5-7-19-9-11/h10-11H,3-9H2,1-2H3,(H2,15,16,18). The first kappa shape index (κ1) is 15.6. The Morgan fingerprint density at radius 1 is 1.50 bits per heavy atom. The lowest BCUT2D eigenvalue weighted by Gasteiger charge is -2.24. The van der Waals surface area contributed by atoms with E-state index in [4.69, 9.17) is 0 Å². The lowest BCUT2D eigenvalue weighted by molar-refractivity contribution is 0.582. The predicted molar refractivity (Wildman–Crippen MR) is 89.8 cm³/mol. The second kappa shape index (κ2) is 8.52. The monoisotopic (exact) mass is 312 g/mol. The minimum Gasteiger partial charge on any atom is -0.357 e. The summed E-state index contributed by atoms with van der Waals surface area (Å²) >= 11 is 3.75. The van der Waals surface area contributed by atoms with Gasteiger partial charge in [-0.25, -0.2) is 9.98 Å². The van der Waals surface area contributed by atoms with E-state index in [2.05, 4.69) is 39.8 Å². The minimum atomic E-state index is 0.549. The Morgan fingerprint density at radius 3 is 3.05 bits per heavy atom. The molecule has 6 heteroatoms. The highest BCUT2D eigenvalue weighted by Gasteiger charge is 2.14.